The number of hydrogen-bond acceptors (Lipinski definition) is 1. The van der Waals surface area contributed by atoms with Crippen molar-refractivity contribution in [3.05, 3.63) is 35.4 Å². The zero-order valence-corrected chi connectivity index (χ0v) is 11.9. The molecule has 0 unspecified atom stereocenters. The molecule has 1 nitrogen and oxygen atoms in total. The Balaban J connectivity index is 2.47. The summed E-state index contributed by atoms with van der Waals surface area (Å²) in [5, 5.41) is 0. The second kappa shape index (κ2) is 8.91. The summed E-state index contributed by atoms with van der Waals surface area (Å²) in [4.78, 5) is 11.7. The van der Waals surface area contributed by atoms with E-state index in [9.17, 15) is 4.79 Å². The van der Waals surface area contributed by atoms with Crippen LogP contribution in [0.1, 0.15) is 63.5 Å². The third kappa shape index (κ3) is 5.48. The van der Waals surface area contributed by atoms with E-state index in [0.29, 0.717) is 12.2 Å². The molecule has 0 heterocycles. The van der Waals surface area contributed by atoms with Crippen LogP contribution in [0.4, 0.5) is 0 Å². The minimum Gasteiger partial charge on any atom is -0.300 e. The molecule has 18 heavy (non-hydrogen) atoms. The van der Waals surface area contributed by atoms with Gasteiger partial charge in [0, 0.05) is 12.8 Å². The van der Waals surface area contributed by atoms with Gasteiger partial charge in [-0.25, -0.2) is 0 Å². The van der Waals surface area contributed by atoms with Crippen molar-refractivity contribution >= 4 is 5.78 Å². The number of hydrogen-bond donors (Lipinski definition) is 0. The molecule has 0 saturated heterocycles. The van der Waals surface area contributed by atoms with Gasteiger partial charge in [0.2, 0.25) is 0 Å². The van der Waals surface area contributed by atoms with Crippen LogP contribution in [0.5, 0.6) is 0 Å². The lowest BCUT2D eigenvalue weighted by molar-refractivity contribution is -0.119. The smallest absolute Gasteiger partial charge is 0.133 e. The van der Waals surface area contributed by atoms with Crippen molar-refractivity contribution in [3.8, 4) is 0 Å². The topological polar surface area (TPSA) is 17.1 Å². The first-order valence-corrected chi connectivity index (χ1v) is 7.36. The molecule has 0 aromatic heterocycles. The summed E-state index contributed by atoms with van der Waals surface area (Å²) in [6.07, 6.45) is 8.15. The van der Waals surface area contributed by atoms with Crippen LogP contribution in [-0.4, -0.2) is 5.78 Å². The summed E-state index contributed by atoms with van der Waals surface area (Å²) in [5.74, 6) is 0.419. The Morgan fingerprint density at radius 3 is 2.11 bits per heavy atom. The predicted molar refractivity (Wildman–Crippen MR) is 77.9 cm³/mol. The van der Waals surface area contributed by atoms with Crippen molar-refractivity contribution in [2.45, 2.75) is 65.2 Å². The molecule has 0 atom stereocenters. The van der Waals surface area contributed by atoms with Crippen LogP contribution in [0.15, 0.2) is 24.3 Å². The van der Waals surface area contributed by atoms with E-state index in [1.807, 2.05) is 0 Å². The van der Waals surface area contributed by atoms with Crippen LogP contribution in [0.2, 0.25) is 0 Å². The van der Waals surface area contributed by atoms with Gasteiger partial charge in [0.25, 0.3) is 0 Å². The minimum atomic E-state index is 0.419. The van der Waals surface area contributed by atoms with Crippen LogP contribution < -0.4 is 0 Å². The third-order valence-corrected chi connectivity index (χ3v) is 3.40. The maximum absolute atomic E-state index is 11.7. The van der Waals surface area contributed by atoms with Crippen LogP contribution in [0.25, 0.3) is 0 Å². The van der Waals surface area contributed by atoms with E-state index in [-0.39, 0.29) is 0 Å². The van der Waals surface area contributed by atoms with E-state index in [2.05, 4.69) is 38.1 Å². The summed E-state index contributed by atoms with van der Waals surface area (Å²) < 4.78 is 0. The number of carbonyl (C=O) groups is 1. The largest absolute Gasteiger partial charge is 0.300 e. The van der Waals surface area contributed by atoms with Crippen molar-refractivity contribution < 1.29 is 4.79 Å². The molecule has 0 aliphatic rings. The van der Waals surface area contributed by atoms with Gasteiger partial charge in [-0.3, -0.25) is 4.79 Å². The second-order valence-corrected chi connectivity index (χ2v) is 5.01. The van der Waals surface area contributed by atoms with E-state index < -0.39 is 0 Å². The fourth-order valence-corrected chi connectivity index (χ4v) is 2.19. The maximum Gasteiger partial charge on any atom is 0.133 e. The van der Waals surface area contributed by atoms with Gasteiger partial charge in [-0.15, -0.1) is 0 Å². The highest BCUT2D eigenvalue weighted by Gasteiger charge is 2.05. The first-order chi connectivity index (χ1) is 8.77. The van der Waals surface area contributed by atoms with E-state index in [1.54, 1.807) is 0 Å². The van der Waals surface area contributed by atoms with E-state index in [1.165, 1.54) is 24.0 Å². The number of benzene rings is 1. The van der Waals surface area contributed by atoms with Crippen LogP contribution in [-0.2, 0) is 17.6 Å². The molecule has 0 saturated carbocycles. The Kier molecular flexibility index (Phi) is 7.40. The Hall–Kier alpha value is -1.11. The molecule has 0 amide bonds. The summed E-state index contributed by atoms with van der Waals surface area (Å²) in [7, 11) is 0. The highest BCUT2D eigenvalue weighted by Crippen LogP contribution is 2.15. The van der Waals surface area contributed by atoms with Gasteiger partial charge < -0.3 is 0 Å². The average Bonchev–Trinajstić information content (AvgIpc) is 2.41. The van der Waals surface area contributed by atoms with Gasteiger partial charge in [-0.05, 0) is 36.8 Å². The first-order valence-electron chi connectivity index (χ1n) is 7.36. The fourth-order valence-electron chi connectivity index (χ4n) is 2.19. The minimum absolute atomic E-state index is 0.419. The number of ketones is 1. The number of aryl methyl sites for hydroxylation is 2. The zero-order chi connectivity index (χ0) is 13.2. The fraction of sp³-hybridized carbons (Fsp3) is 0.588. The van der Waals surface area contributed by atoms with Gasteiger partial charge >= 0.3 is 0 Å². The van der Waals surface area contributed by atoms with E-state index in [0.717, 1.165) is 32.1 Å². The van der Waals surface area contributed by atoms with Crippen LogP contribution in [0, 0.1) is 0 Å². The van der Waals surface area contributed by atoms with Crippen molar-refractivity contribution in [1.29, 1.82) is 0 Å². The van der Waals surface area contributed by atoms with Gasteiger partial charge in [0.05, 0.1) is 0 Å². The molecule has 1 aromatic carbocycles. The molecule has 100 valence electrons. The Morgan fingerprint density at radius 1 is 0.889 bits per heavy atom. The Bertz CT molecular complexity index is 354. The molecule has 1 aromatic rings. The van der Waals surface area contributed by atoms with Crippen LogP contribution in [0.3, 0.4) is 0 Å². The summed E-state index contributed by atoms with van der Waals surface area (Å²) in [6, 6.07) is 8.58. The summed E-state index contributed by atoms with van der Waals surface area (Å²) >= 11 is 0. The van der Waals surface area contributed by atoms with E-state index >= 15 is 0 Å². The highest BCUT2D eigenvalue weighted by molar-refractivity contribution is 5.78. The van der Waals surface area contributed by atoms with Crippen LogP contribution >= 0.6 is 0 Å². The standard InChI is InChI=1S/C17H26O/c1-3-5-9-15-10-7-8-11-16(15)13-14-17(18)12-6-4-2/h7-8,10-11H,3-6,9,12-14H2,1-2H3. The number of unbranched alkanes of at least 4 members (excludes halogenated alkanes) is 2. The molecule has 1 heteroatoms. The van der Waals surface area contributed by atoms with Gasteiger partial charge in [0.1, 0.15) is 5.78 Å². The second-order valence-electron chi connectivity index (χ2n) is 5.01. The lowest BCUT2D eigenvalue weighted by atomic mass is 9.97. The molecule has 0 aliphatic heterocycles. The lowest BCUT2D eigenvalue weighted by Crippen LogP contribution is -2.02. The maximum atomic E-state index is 11.7. The zero-order valence-electron chi connectivity index (χ0n) is 11.9. The Morgan fingerprint density at radius 2 is 1.50 bits per heavy atom. The first kappa shape index (κ1) is 14.9. The molecular formula is C17H26O. The molecule has 0 aliphatic carbocycles. The van der Waals surface area contributed by atoms with Crippen molar-refractivity contribution in [3.63, 3.8) is 0 Å². The van der Waals surface area contributed by atoms with E-state index in [4.69, 9.17) is 0 Å². The Labute approximate surface area is 112 Å². The van der Waals surface area contributed by atoms with Crippen molar-refractivity contribution in [1.82, 2.24) is 0 Å². The highest BCUT2D eigenvalue weighted by atomic mass is 16.1. The molecular weight excluding hydrogens is 220 g/mol. The molecule has 0 bridgehead atoms. The lowest BCUT2D eigenvalue weighted by Gasteiger charge is -2.08. The molecule has 1 rings (SSSR count). The quantitative estimate of drug-likeness (QED) is 0.616. The normalized spacial score (nSPS) is 10.6. The molecule has 0 spiro atoms. The van der Waals surface area contributed by atoms with Gasteiger partial charge in [-0.2, -0.15) is 0 Å². The van der Waals surface area contributed by atoms with Crippen molar-refractivity contribution in [2.24, 2.45) is 0 Å². The van der Waals surface area contributed by atoms with Crippen molar-refractivity contribution in [2.75, 3.05) is 0 Å². The number of carbonyl (C=O) groups excluding carboxylic acids is 1. The summed E-state index contributed by atoms with van der Waals surface area (Å²) in [5.41, 5.74) is 2.80. The molecule has 0 N–H and O–H groups in total. The number of Topliss-reactive ketones (excluding diaryl/α,β-unsaturated/α-hetero) is 1. The SMILES string of the molecule is CCCCC(=O)CCc1ccccc1CCCC. The predicted octanol–water partition coefficient (Wildman–Crippen LogP) is 4.72. The summed E-state index contributed by atoms with van der Waals surface area (Å²) in [6.45, 7) is 4.35. The van der Waals surface area contributed by atoms with Gasteiger partial charge in [-0.1, -0.05) is 51.0 Å². The molecule has 0 fully saturated rings. The number of rotatable bonds is 9. The third-order valence-electron chi connectivity index (χ3n) is 3.40. The monoisotopic (exact) mass is 246 g/mol. The molecule has 0 radical (unpaired) electrons. The average molecular weight is 246 g/mol. The van der Waals surface area contributed by atoms with Gasteiger partial charge in [0.15, 0.2) is 0 Å².